The van der Waals surface area contributed by atoms with Crippen LogP contribution in [0.25, 0.3) is 0 Å². The Balaban J connectivity index is 0.000000257. The normalized spacial score (nSPS) is 12.4. The molecule has 25 heavy (non-hydrogen) atoms. The summed E-state index contributed by atoms with van der Waals surface area (Å²) < 4.78 is 74.3. The van der Waals surface area contributed by atoms with Gasteiger partial charge >= 0.3 is 6.18 Å². The molecule has 0 aliphatic rings. The largest absolute Gasteiger partial charge is 0.419 e. The van der Waals surface area contributed by atoms with Crippen LogP contribution >= 0.6 is 0 Å². The van der Waals surface area contributed by atoms with E-state index in [1.54, 1.807) is 6.92 Å². The molecular weight excluding hydrogens is 346 g/mol. The van der Waals surface area contributed by atoms with E-state index >= 15 is 0 Å². The molecule has 0 aliphatic carbocycles. The molecule has 0 saturated heterocycles. The molecule has 2 aromatic carbocycles. The average molecular weight is 364 g/mol. The van der Waals surface area contributed by atoms with Crippen LogP contribution in [-0.4, -0.2) is 6.54 Å². The molecular formula is C17H18F6N2. The zero-order chi connectivity index (χ0) is 19.2. The van der Waals surface area contributed by atoms with Crippen LogP contribution in [-0.2, 0) is 12.6 Å². The third-order valence-corrected chi connectivity index (χ3v) is 3.22. The first kappa shape index (κ1) is 21.0. The first-order valence-corrected chi connectivity index (χ1v) is 7.32. The van der Waals surface area contributed by atoms with Crippen molar-refractivity contribution in [3.63, 3.8) is 0 Å². The molecule has 4 N–H and O–H groups in total. The Morgan fingerprint density at radius 2 is 1.60 bits per heavy atom. The summed E-state index contributed by atoms with van der Waals surface area (Å²) in [5.41, 5.74) is 10.2. The Kier molecular flexibility index (Phi) is 7.44. The van der Waals surface area contributed by atoms with Crippen molar-refractivity contribution in [3.05, 3.63) is 70.5 Å². The lowest BCUT2D eigenvalue weighted by molar-refractivity contribution is -0.140. The minimum absolute atomic E-state index is 0.283. The molecule has 0 spiro atoms. The smallest absolute Gasteiger partial charge is 0.330 e. The van der Waals surface area contributed by atoms with E-state index in [9.17, 15) is 26.3 Å². The van der Waals surface area contributed by atoms with Gasteiger partial charge in [-0.15, -0.1) is 0 Å². The fourth-order valence-electron chi connectivity index (χ4n) is 1.98. The van der Waals surface area contributed by atoms with Crippen LogP contribution in [0, 0.1) is 17.5 Å². The summed E-state index contributed by atoms with van der Waals surface area (Å²) in [6.45, 7) is 1.93. The molecule has 2 rings (SSSR count). The summed E-state index contributed by atoms with van der Waals surface area (Å²) in [7, 11) is 0. The molecule has 0 radical (unpaired) electrons. The maximum absolute atomic E-state index is 12.9. The molecule has 2 nitrogen and oxygen atoms in total. The predicted molar refractivity (Wildman–Crippen MR) is 83.1 cm³/mol. The van der Waals surface area contributed by atoms with Gasteiger partial charge in [0, 0.05) is 17.7 Å². The zero-order valence-electron chi connectivity index (χ0n) is 13.4. The van der Waals surface area contributed by atoms with Crippen molar-refractivity contribution in [2.24, 2.45) is 11.5 Å². The standard InChI is InChI=1S/C9H9F4N.C8H9F2N/c10-8-5-6(3-4-14)1-2-7(8)9(11,12)13;1-5(11)7-3-2-6(9)4-8(7)10/h1-2,5H,3-4,14H2;2-5H,11H2,1H3. The first-order chi connectivity index (χ1) is 11.6. The summed E-state index contributed by atoms with van der Waals surface area (Å²) in [6.07, 6.45) is -4.26. The van der Waals surface area contributed by atoms with Crippen molar-refractivity contribution in [2.75, 3.05) is 6.54 Å². The predicted octanol–water partition coefficient (Wildman–Crippen LogP) is 4.33. The minimum atomic E-state index is -4.63. The Morgan fingerprint density at radius 1 is 0.960 bits per heavy atom. The van der Waals surface area contributed by atoms with Crippen LogP contribution in [0.2, 0.25) is 0 Å². The van der Waals surface area contributed by atoms with Crippen molar-refractivity contribution >= 4 is 0 Å². The van der Waals surface area contributed by atoms with Gasteiger partial charge in [-0.05, 0) is 43.7 Å². The Morgan fingerprint density at radius 3 is 2.04 bits per heavy atom. The van der Waals surface area contributed by atoms with Gasteiger partial charge in [0.15, 0.2) is 0 Å². The number of halogens is 6. The summed E-state index contributed by atoms with van der Waals surface area (Å²) in [5.74, 6) is -2.41. The van der Waals surface area contributed by atoms with Gasteiger partial charge in [0.2, 0.25) is 0 Å². The van der Waals surface area contributed by atoms with E-state index in [1.807, 2.05) is 0 Å². The average Bonchev–Trinajstić information content (AvgIpc) is 2.46. The van der Waals surface area contributed by atoms with Crippen molar-refractivity contribution in [2.45, 2.75) is 25.6 Å². The van der Waals surface area contributed by atoms with Crippen molar-refractivity contribution in [1.82, 2.24) is 0 Å². The van der Waals surface area contributed by atoms with E-state index in [0.29, 0.717) is 17.5 Å². The Labute approximate surface area is 141 Å². The molecule has 138 valence electrons. The lowest BCUT2D eigenvalue weighted by atomic mass is 10.1. The molecule has 2 aromatic rings. The summed E-state index contributed by atoms with van der Waals surface area (Å²) >= 11 is 0. The van der Waals surface area contributed by atoms with Gasteiger partial charge in [0.05, 0.1) is 5.56 Å². The van der Waals surface area contributed by atoms with E-state index in [-0.39, 0.29) is 6.54 Å². The maximum Gasteiger partial charge on any atom is 0.419 e. The lowest BCUT2D eigenvalue weighted by Crippen LogP contribution is -2.09. The number of rotatable bonds is 3. The van der Waals surface area contributed by atoms with Crippen LogP contribution in [0.5, 0.6) is 0 Å². The van der Waals surface area contributed by atoms with Gasteiger partial charge in [-0.2, -0.15) is 13.2 Å². The second-order valence-corrected chi connectivity index (χ2v) is 5.31. The topological polar surface area (TPSA) is 52.0 Å². The second kappa shape index (κ2) is 8.87. The fourth-order valence-corrected chi connectivity index (χ4v) is 1.98. The summed E-state index contributed by atoms with van der Waals surface area (Å²) in [5, 5.41) is 0. The van der Waals surface area contributed by atoms with Crippen molar-refractivity contribution in [3.8, 4) is 0 Å². The molecule has 0 amide bonds. The van der Waals surface area contributed by atoms with E-state index < -0.39 is 35.2 Å². The number of benzene rings is 2. The third-order valence-electron chi connectivity index (χ3n) is 3.22. The number of hydrogen-bond acceptors (Lipinski definition) is 2. The third kappa shape index (κ3) is 6.39. The highest BCUT2D eigenvalue weighted by atomic mass is 19.4. The van der Waals surface area contributed by atoms with E-state index in [4.69, 9.17) is 11.5 Å². The minimum Gasteiger partial charge on any atom is -0.330 e. The zero-order valence-corrected chi connectivity index (χ0v) is 13.4. The van der Waals surface area contributed by atoms with Crippen molar-refractivity contribution in [1.29, 1.82) is 0 Å². The van der Waals surface area contributed by atoms with Gasteiger partial charge in [0.25, 0.3) is 0 Å². The molecule has 0 fully saturated rings. The summed E-state index contributed by atoms with van der Waals surface area (Å²) in [6, 6.07) is 5.83. The SMILES string of the molecule is CC(N)c1ccc(F)cc1F.NCCc1ccc(C(F)(F)F)c(F)c1. The molecule has 0 aromatic heterocycles. The van der Waals surface area contributed by atoms with Gasteiger partial charge in [-0.25, -0.2) is 13.2 Å². The lowest BCUT2D eigenvalue weighted by Gasteiger charge is -2.08. The van der Waals surface area contributed by atoms with E-state index in [2.05, 4.69) is 0 Å². The van der Waals surface area contributed by atoms with Crippen LogP contribution in [0.3, 0.4) is 0 Å². The van der Waals surface area contributed by atoms with E-state index in [1.165, 1.54) is 18.2 Å². The highest BCUT2D eigenvalue weighted by Crippen LogP contribution is 2.31. The summed E-state index contributed by atoms with van der Waals surface area (Å²) in [4.78, 5) is 0. The van der Waals surface area contributed by atoms with Crippen molar-refractivity contribution < 1.29 is 26.3 Å². The van der Waals surface area contributed by atoms with E-state index in [0.717, 1.165) is 18.2 Å². The quantitative estimate of drug-likeness (QED) is 0.797. The molecule has 0 heterocycles. The number of hydrogen-bond donors (Lipinski definition) is 2. The van der Waals surface area contributed by atoms with Gasteiger partial charge in [-0.3, -0.25) is 0 Å². The Hall–Kier alpha value is -2.06. The maximum atomic E-state index is 12.9. The van der Waals surface area contributed by atoms with Crippen LogP contribution in [0.1, 0.15) is 29.7 Å². The van der Waals surface area contributed by atoms with Gasteiger partial charge < -0.3 is 11.5 Å². The molecule has 0 bridgehead atoms. The first-order valence-electron chi connectivity index (χ1n) is 7.32. The fraction of sp³-hybridized carbons (Fsp3) is 0.294. The highest BCUT2D eigenvalue weighted by molar-refractivity contribution is 5.26. The highest BCUT2D eigenvalue weighted by Gasteiger charge is 2.33. The molecule has 8 heteroatoms. The molecule has 1 atom stereocenters. The second-order valence-electron chi connectivity index (χ2n) is 5.31. The molecule has 0 saturated carbocycles. The molecule has 0 aliphatic heterocycles. The molecule has 1 unspecified atom stereocenters. The van der Waals surface area contributed by atoms with Crippen LogP contribution in [0.15, 0.2) is 36.4 Å². The van der Waals surface area contributed by atoms with Gasteiger partial charge in [0.1, 0.15) is 17.5 Å². The monoisotopic (exact) mass is 364 g/mol. The van der Waals surface area contributed by atoms with Gasteiger partial charge in [-0.1, -0.05) is 12.1 Å². The Bertz CT molecular complexity index is 698. The van der Waals surface area contributed by atoms with Crippen LogP contribution < -0.4 is 11.5 Å². The van der Waals surface area contributed by atoms with Crippen LogP contribution in [0.4, 0.5) is 26.3 Å². The number of alkyl halides is 3. The number of nitrogens with two attached hydrogens (primary N) is 2.